The first-order valence-corrected chi connectivity index (χ1v) is 15.9. The molecule has 2 fully saturated rings. The normalized spacial score (nSPS) is 16.3. The SMILES string of the molecule is O=C(N[C@@H](Cc1ccc(Cl)cc1)C(=O)N1CCC(c2ccccc2CN2CCCC2=O)CC1)c1cc(=O)c2cccc(Cl)c2o1. The van der Waals surface area contributed by atoms with Gasteiger partial charge in [-0.3, -0.25) is 19.2 Å². The molecule has 45 heavy (non-hydrogen) atoms. The number of nitrogens with zero attached hydrogens (tertiary/aromatic N) is 2. The van der Waals surface area contributed by atoms with Crippen LogP contribution in [0.25, 0.3) is 11.0 Å². The van der Waals surface area contributed by atoms with Gasteiger partial charge in [0.05, 0.1) is 10.4 Å². The number of likely N-dealkylation sites (tertiary alicyclic amines) is 2. The average Bonchev–Trinajstić information content (AvgIpc) is 3.46. The number of hydrogen-bond acceptors (Lipinski definition) is 5. The molecule has 0 saturated carbocycles. The van der Waals surface area contributed by atoms with E-state index in [0.29, 0.717) is 31.1 Å². The molecule has 1 atom stereocenters. The van der Waals surface area contributed by atoms with Gasteiger partial charge in [0.15, 0.2) is 16.8 Å². The molecule has 0 unspecified atom stereocenters. The van der Waals surface area contributed by atoms with E-state index in [4.69, 9.17) is 27.6 Å². The quantitative estimate of drug-likeness (QED) is 0.255. The molecule has 2 aliphatic rings. The van der Waals surface area contributed by atoms with Crippen molar-refractivity contribution in [1.82, 2.24) is 15.1 Å². The Morgan fingerprint density at radius 2 is 1.69 bits per heavy atom. The second-order valence-corrected chi connectivity index (χ2v) is 12.5. The van der Waals surface area contributed by atoms with Crippen molar-refractivity contribution in [1.29, 1.82) is 0 Å². The van der Waals surface area contributed by atoms with E-state index >= 15 is 0 Å². The van der Waals surface area contributed by atoms with E-state index in [1.807, 2.05) is 29.2 Å². The van der Waals surface area contributed by atoms with E-state index in [2.05, 4.69) is 17.4 Å². The maximum absolute atomic E-state index is 14.0. The van der Waals surface area contributed by atoms with Crippen molar-refractivity contribution in [3.8, 4) is 0 Å². The molecular formula is C35H33Cl2N3O5. The average molecular weight is 647 g/mol. The smallest absolute Gasteiger partial charge is 0.287 e. The highest BCUT2D eigenvalue weighted by molar-refractivity contribution is 6.34. The molecule has 3 aromatic carbocycles. The van der Waals surface area contributed by atoms with Crippen LogP contribution in [0.1, 0.15) is 58.8 Å². The van der Waals surface area contributed by atoms with Gasteiger partial charge in [-0.2, -0.15) is 0 Å². The predicted octanol–water partition coefficient (Wildman–Crippen LogP) is 5.97. The highest BCUT2D eigenvalue weighted by atomic mass is 35.5. The first-order valence-electron chi connectivity index (χ1n) is 15.2. The molecule has 3 heterocycles. The number of para-hydroxylation sites is 1. The first kappa shape index (κ1) is 30.9. The molecule has 0 aliphatic carbocycles. The summed E-state index contributed by atoms with van der Waals surface area (Å²) in [7, 11) is 0. The molecule has 0 spiro atoms. The Kier molecular flexibility index (Phi) is 9.24. The minimum atomic E-state index is -0.907. The van der Waals surface area contributed by atoms with E-state index in [-0.39, 0.29) is 45.9 Å². The van der Waals surface area contributed by atoms with Gasteiger partial charge in [-0.25, -0.2) is 0 Å². The van der Waals surface area contributed by atoms with Crippen molar-refractivity contribution in [3.63, 3.8) is 0 Å². The van der Waals surface area contributed by atoms with Crippen molar-refractivity contribution >= 4 is 51.9 Å². The fraction of sp³-hybridized carbons (Fsp3) is 0.314. The molecule has 2 saturated heterocycles. The third-order valence-corrected chi connectivity index (χ3v) is 9.27. The number of benzene rings is 3. The lowest BCUT2D eigenvalue weighted by molar-refractivity contribution is -0.134. The zero-order valence-corrected chi connectivity index (χ0v) is 26.2. The van der Waals surface area contributed by atoms with Crippen LogP contribution < -0.4 is 10.7 Å². The van der Waals surface area contributed by atoms with Gasteiger partial charge < -0.3 is 19.5 Å². The van der Waals surface area contributed by atoms with Gasteiger partial charge in [0, 0.05) is 50.1 Å². The molecular weight excluding hydrogens is 613 g/mol. The number of fused-ring (bicyclic) bond motifs is 1. The first-order chi connectivity index (χ1) is 21.8. The zero-order valence-electron chi connectivity index (χ0n) is 24.6. The standard InChI is InChI=1S/C35H33Cl2N3O5/c36-25-12-10-22(11-13-25)19-29(38-34(43)31-20-30(41)27-7-3-8-28(37)33(27)45-31)35(44)39-17-14-23(15-18-39)26-6-2-1-5-24(26)21-40-16-4-9-32(40)42/h1-3,5-8,10-13,20,23,29H,4,9,14-19,21H2,(H,38,43)/t29-/m0/s1. The van der Waals surface area contributed by atoms with Gasteiger partial charge in [0.2, 0.25) is 11.8 Å². The Morgan fingerprint density at radius 1 is 0.933 bits per heavy atom. The lowest BCUT2D eigenvalue weighted by Crippen LogP contribution is -2.51. The fourth-order valence-electron chi connectivity index (χ4n) is 6.32. The summed E-state index contributed by atoms with van der Waals surface area (Å²) in [5, 5.41) is 3.87. The van der Waals surface area contributed by atoms with Crippen LogP contribution in [0.2, 0.25) is 10.0 Å². The molecule has 6 rings (SSSR count). The van der Waals surface area contributed by atoms with Gasteiger partial charge in [0.1, 0.15) is 6.04 Å². The molecule has 0 bridgehead atoms. The minimum absolute atomic E-state index is 0.119. The third kappa shape index (κ3) is 6.92. The lowest BCUT2D eigenvalue weighted by atomic mass is 9.86. The zero-order chi connectivity index (χ0) is 31.5. The summed E-state index contributed by atoms with van der Waals surface area (Å²) in [6.07, 6.45) is 3.26. The number of piperidine rings is 1. The molecule has 4 aromatic rings. The molecule has 10 heteroatoms. The molecule has 1 N–H and O–H groups in total. The molecule has 2 aliphatic heterocycles. The maximum atomic E-state index is 14.0. The van der Waals surface area contributed by atoms with Crippen molar-refractivity contribution in [2.75, 3.05) is 19.6 Å². The van der Waals surface area contributed by atoms with Crippen molar-refractivity contribution < 1.29 is 18.8 Å². The Morgan fingerprint density at radius 3 is 2.42 bits per heavy atom. The van der Waals surface area contributed by atoms with E-state index in [1.165, 1.54) is 5.56 Å². The lowest BCUT2D eigenvalue weighted by Gasteiger charge is -2.35. The van der Waals surface area contributed by atoms with Crippen LogP contribution in [0.5, 0.6) is 0 Å². The number of amides is 3. The summed E-state index contributed by atoms with van der Waals surface area (Å²) in [5.74, 6) is -0.661. The Balaban J connectivity index is 1.19. The van der Waals surface area contributed by atoms with Gasteiger partial charge in [-0.1, -0.05) is 65.7 Å². The molecule has 1 aromatic heterocycles. The molecule has 3 amide bonds. The number of carbonyl (C=O) groups is 3. The van der Waals surface area contributed by atoms with Gasteiger partial charge in [0.25, 0.3) is 5.91 Å². The monoisotopic (exact) mass is 645 g/mol. The van der Waals surface area contributed by atoms with E-state index in [9.17, 15) is 19.2 Å². The number of rotatable bonds is 8. The topological polar surface area (TPSA) is 99.9 Å². The summed E-state index contributed by atoms with van der Waals surface area (Å²) in [6.45, 7) is 2.44. The van der Waals surface area contributed by atoms with Crippen LogP contribution in [-0.2, 0) is 22.6 Å². The van der Waals surface area contributed by atoms with Crippen molar-refractivity contribution in [2.24, 2.45) is 0 Å². The number of nitrogens with one attached hydrogen (secondary N) is 1. The van der Waals surface area contributed by atoms with Crippen LogP contribution in [-0.4, -0.2) is 53.2 Å². The second kappa shape index (κ2) is 13.5. The van der Waals surface area contributed by atoms with Crippen LogP contribution >= 0.6 is 23.2 Å². The molecule has 232 valence electrons. The fourth-order valence-corrected chi connectivity index (χ4v) is 6.66. The summed E-state index contributed by atoms with van der Waals surface area (Å²) in [4.78, 5) is 56.1. The van der Waals surface area contributed by atoms with Crippen LogP contribution in [0.4, 0.5) is 0 Å². The van der Waals surface area contributed by atoms with Gasteiger partial charge in [-0.05, 0) is 66.1 Å². The molecule has 0 radical (unpaired) electrons. The highest BCUT2D eigenvalue weighted by Gasteiger charge is 2.32. The summed E-state index contributed by atoms with van der Waals surface area (Å²) >= 11 is 12.3. The molecule has 8 nitrogen and oxygen atoms in total. The van der Waals surface area contributed by atoms with Gasteiger partial charge >= 0.3 is 0 Å². The number of halogens is 2. The maximum Gasteiger partial charge on any atom is 0.287 e. The van der Waals surface area contributed by atoms with Crippen LogP contribution in [0.15, 0.2) is 82.0 Å². The Hall–Kier alpha value is -4.14. The third-order valence-electron chi connectivity index (χ3n) is 8.72. The van der Waals surface area contributed by atoms with E-state index in [0.717, 1.165) is 43.0 Å². The highest BCUT2D eigenvalue weighted by Crippen LogP contribution is 2.32. The predicted molar refractivity (Wildman–Crippen MR) is 174 cm³/mol. The van der Waals surface area contributed by atoms with Crippen LogP contribution in [0, 0.1) is 0 Å². The number of hydrogen-bond donors (Lipinski definition) is 1. The van der Waals surface area contributed by atoms with Crippen molar-refractivity contribution in [3.05, 3.63) is 116 Å². The Labute approximate surface area is 270 Å². The summed E-state index contributed by atoms with van der Waals surface area (Å²) < 4.78 is 5.74. The largest absolute Gasteiger partial charge is 0.449 e. The van der Waals surface area contributed by atoms with E-state index < -0.39 is 17.4 Å². The van der Waals surface area contributed by atoms with Crippen molar-refractivity contribution in [2.45, 2.75) is 50.6 Å². The summed E-state index contributed by atoms with van der Waals surface area (Å²) in [6, 6.07) is 20.4. The van der Waals surface area contributed by atoms with E-state index in [1.54, 1.807) is 35.2 Å². The van der Waals surface area contributed by atoms with Crippen LogP contribution in [0.3, 0.4) is 0 Å². The number of carbonyl (C=O) groups excluding carboxylic acids is 3. The summed E-state index contributed by atoms with van der Waals surface area (Å²) in [5.41, 5.74) is 2.92. The van der Waals surface area contributed by atoms with Gasteiger partial charge in [-0.15, -0.1) is 0 Å². The Bertz CT molecular complexity index is 1800. The minimum Gasteiger partial charge on any atom is -0.449 e. The second-order valence-electron chi connectivity index (χ2n) is 11.7.